The van der Waals surface area contributed by atoms with Gasteiger partial charge in [0.1, 0.15) is 5.82 Å². The van der Waals surface area contributed by atoms with Crippen molar-refractivity contribution >= 4 is 17.6 Å². The maximum absolute atomic E-state index is 13.6. The maximum atomic E-state index is 13.6. The van der Waals surface area contributed by atoms with Crippen LogP contribution in [0.5, 0.6) is 0 Å². The molecule has 6 atom stereocenters. The van der Waals surface area contributed by atoms with E-state index in [2.05, 4.69) is 10.2 Å². The van der Waals surface area contributed by atoms with Gasteiger partial charge in [-0.1, -0.05) is 0 Å². The molecule has 0 bridgehead atoms. The number of hydrogen-bond donors (Lipinski definition) is 2. The number of alkyl halides is 3. The van der Waals surface area contributed by atoms with Crippen molar-refractivity contribution in [2.75, 3.05) is 26.7 Å². The van der Waals surface area contributed by atoms with Crippen LogP contribution in [0.4, 0.5) is 8.78 Å². The minimum atomic E-state index is -2.51. The number of aromatic nitrogens is 2. The zero-order chi connectivity index (χ0) is 29.3. The first-order valence-electron chi connectivity index (χ1n) is 15.4. The molecule has 2 saturated carbocycles. The van der Waals surface area contributed by atoms with E-state index in [0.29, 0.717) is 37.9 Å². The molecule has 1 saturated heterocycles. The smallest absolute Gasteiger partial charge is 0.304 e. The number of nitrogens with zero attached hydrogens (tertiary/aromatic N) is 3. The van der Waals surface area contributed by atoms with Crippen molar-refractivity contribution in [2.45, 2.75) is 114 Å². The number of piperidine rings is 1. The van der Waals surface area contributed by atoms with E-state index in [9.17, 15) is 23.5 Å². The van der Waals surface area contributed by atoms with E-state index in [0.717, 1.165) is 62.7 Å². The van der Waals surface area contributed by atoms with Crippen LogP contribution in [0, 0.1) is 24.7 Å². The molecule has 3 aliphatic carbocycles. The van der Waals surface area contributed by atoms with Crippen LogP contribution in [0.1, 0.15) is 74.9 Å². The fraction of sp³-hybridized carbons (Fsp3) is 0.833. The molecule has 1 aliphatic heterocycles. The molecule has 0 amide bonds. The molecule has 5 rings (SSSR count). The number of aliphatic carboxylic acids is 1. The van der Waals surface area contributed by atoms with Gasteiger partial charge in [-0.2, -0.15) is 0 Å². The van der Waals surface area contributed by atoms with Gasteiger partial charge in [0.2, 0.25) is 5.92 Å². The molecule has 8 nitrogen and oxygen atoms in total. The minimum absolute atomic E-state index is 0.0136. The van der Waals surface area contributed by atoms with Gasteiger partial charge in [0.25, 0.3) is 5.56 Å². The summed E-state index contributed by atoms with van der Waals surface area (Å²) < 4.78 is 34.8. The van der Waals surface area contributed by atoms with Crippen molar-refractivity contribution in [1.29, 1.82) is 0 Å². The topological polar surface area (TPSA) is 96.7 Å². The lowest BCUT2D eigenvalue weighted by Gasteiger charge is -2.42. The third-order valence-electron chi connectivity index (χ3n) is 10.0. The second-order valence-corrected chi connectivity index (χ2v) is 13.6. The summed E-state index contributed by atoms with van der Waals surface area (Å²) in [5.41, 5.74) is 1.60. The number of aryl methyl sites for hydroxylation is 2. The van der Waals surface area contributed by atoms with Gasteiger partial charge in [0.05, 0.1) is 31.4 Å². The fourth-order valence-electron chi connectivity index (χ4n) is 7.84. The van der Waals surface area contributed by atoms with Gasteiger partial charge >= 0.3 is 5.97 Å². The molecular formula is C30H45ClF2N4O4. The molecule has 2 heterocycles. The van der Waals surface area contributed by atoms with Gasteiger partial charge in [-0.25, -0.2) is 13.8 Å². The highest BCUT2D eigenvalue weighted by atomic mass is 35.5. The van der Waals surface area contributed by atoms with Gasteiger partial charge in [0, 0.05) is 42.4 Å². The Morgan fingerprint density at radius 2 is 2.02 bits per heavy atom. The zero-order valence-corrected chi connectivity index (χ0v) is 25.1. The zero-order valence-electron chi connectivity index (χ0n) is 24.3. The Bertz CT molecular complexity index is 1140. The average Bonchev–Trinajstić information content (AvgIpc) is 2.89. The molecule has 41 heavy (non-hydrogen) atoms. The summed E-state index contributed by atoms with van der Waals surface area (Å²) in [7, 11) is 1.98. The highest BCUT2D eigenvalue weighted by molar-refractivity contribution is 6.20. The Kier molecular flexibility index (Phi) is 9.73. The van der Waals surface area contributed by atoms with Crippen molar-refractivity contribution < 1.29 is 23.4 Å². The first-order chi connectivity index (χ1) is 19.5. The standard InChI is InChI=1S/C30H45ClF2N4O4/c1-18-35-26-5-4-23(36(2)17-19-15-30(32,33)16-19)14-25(26)29(40)37(18)9-10-41-27-6-3-21(31)12-24(27)20-7-8-34-22(11-20)13-28(38)39/h19-24,27,34H,3-17H2,1-2H3,(H,38,39). The minimum Gasteiger partial charge on any atom is -0.481 e. The molecule has 11 heteroatoms. The molecule has 230 valence electrons. The lowest BCUT2D eigenvalue weighted by atomic mass is 9.72. The van der Waals surface area contributed by atoms with Crippen LogP contribution in [0.3, 0.4) is 0 Å². The van der Waals surface area contributed by atoms with Gasteiger partial charge in [-0.05, 0) is 89.6 Å². The van der Waals surface area contributed by atoms with E-state index >= 15 is 0 Å². The number of ether oxygens (including phenoxy) is 1. The third-order valence-corrected chi connectivity index (χ3v) is 10.4. The fourth-order valence-corrected chi connectivity index (χ4v) is 8.17. The van der Waals surface area contributed by atoms with E-state index in [1.165, 1.54) is 0 Å². The SMILES string of the molecule is Cc1nc2c(c(=O)n1CCOC1CCC(Cl)CC1C1CCNC(CC(=O)O)C1)CC(N(C)CC1CC(F)(F)C1)CC2. The van der Waals surface area contributed by atoms with Crippen molar-refractivity contribution in [3.63, 3.8) is 0 Å². The second-order valence-electron chi connectivity index (χ2n) is 13.0. The second kappa shape index (κ2) is 12.9. The van der Waals surface area contributed by atoms with Crippen LogP contribution in [-0.4, -0.2) is 81.8 Å². The normalized spacial score (nSPS) is 32.0. The molecule has 1 aromatic heterocycles. The van der Waals surface area contributed by atoms with Gasteiger partial charge < -0.3 is 20.1 Å². The highest BCUT2D eigenvalue weighted by Crippen LogP contribution is 2.43. The van der Waals surface area contributed by atoms with Crippen LogP contribution >= 0.6 is 11.6 Å². The molecule has 0 spiro atoms. The molecule has 1 aromatic rings. The van der Waals surface area contributed by atoms with E-state index in [1.807, 2.05) is 14.0 Å². The first-order valence-corrected chi connectivity index (χ1v) is 15.8. The van der Waals surface area contributed by atoms with Crippen LogP contribution in [0.2, 0.25) is 0 Å². The summed E-state index contributed by atoms with van der Waals surface area (Å²) >= 11 is 6.59. The molecule has 6 unspecified atom stereocenters. The van der Waals surface area contributed by atoms with Crippen LogP contribution in [0.15, 0.2) is 4.79 Å². The van der Waals surface area contributed by atoms with E-state index in [-0.39, 0.29) is 60.2 Å². The van der Waals surface area contributed by atoms with Crippen LogP contribution in [-0.2, 0) is 28.9 Å². The molecule has 0 radical (unpaired) electrons. The summed E-state index contributed by atoms with van der Waals surface area (Å²) in [6.07, 6.45) is 6.69. The summed E-state index contributed by atoms with van der Waals surface area (Å²) in [6.45, 7) is 4.13. The predicted octanol–water partition coefficient (Wildman–Crippen LogP) is 4.02. The van der Waals surface area contributed by atoms with Gasteiger partial charge in [0.15, 0.2) is 0 Å². The van der Waals surface area contributed by atoms with E-state index < -0.39 is 11.9 Å². The lowest BCUT2D eigenvalue weighted by molar-refractivity contribution is -0.138. The van der Waals surface area contributed by atoms with Crippen molar-refractivity contribution in [3.05, 3.63) is 27.4 Å². The monoisotopic (exact) mass is 598 g/mol. The number of halogens is 3. The number of nitrogens with one attached hydrogen (secondary N) is 1. The first kappa shape index (κ1) is 30.8. The molecule has 4 aliphatic rings. The van der Waals surface area contributed by atoms with Gasteiger partial charge in [-0.3, -0.25) is 14.2 Å². The van der Waals surface area contributed by atoms with Gasteiger partial charge in [-0.15, -0.1) is 11.6 Å². The maximum Gasteiger partial charge on any atom is 0.304 e. The number of carboxylic acid groups (broad SMARTS) is 1. The average molecular weight is 599 g/mol. The molecule has 2 N–H and O–H groups in total. The van der Waals surface area contributed by atoms with E-state index in [1.54, 1.807) is 4.57 Å². The number of fused-ring (bicyclic) bond motifs is 1. The summed E-state index contributed by atoms with van der Waals surface area (Å²) in [4.78, 5) is 31.8. The quantitative estimate of drug-likeness (QED) is 0.393. The van der Waals surface area contributed by atoms with Crippen LogP contribution in [0.25, 0.3) is 0 Å². The number of carboxylic acids is 1. The third kappa shape index (κ3) is 7.48. The Balaban J connectivity index is 1.20. The number of likely N-dealkylation sites (N-methyl/N-ethyl adjacent to an activating group) is 1. The van der Waals surface area contributed by atoms with Crippen molar-refractivity contribution in [3.8, 4) is 0 Å². The molecule has 3 fully saturated rings. The van der Waals surface area contributed by atoms with Crippen molar-refractivity contribution in [2.24, 2.45) is 17.8 Å². The Morgan fingerprint density at radius 1 is 1.24 bits per heavy atom. The summed E-state index contributed by atoms with van der Waals surface area (Å²) in [6, 6.07) is 0.128. The Labute approximate surface area is 246 Å². The summed E-state index contributed by atoms with van der Waals surface area (Å²) in [5, 5.41) is 12.7. The number of hydrogen-bond acceptors (Lipinski definition) is 6. The number of rotatable bonds is 10. The summed E-state index contributed by atoms with van der Waals surface area (Å²) in [5.74, 6) is -1.95. The molecule has 0 aromatic carbocycles. The van der Waals surface area contributed by atoms with Crippen LogP contribution < -0.4 is 10.9 Å². The molecular weight excluding hydrogens is 554 g/mol. The predicted molar refractivity (Wildman–Crippen MR) is 153 cm³/mol. The van der Waals surface area contributed by atoms with E-state index in [4.69, 9.17) is 21.3 Å². The largest absolute Gasteiger partial charge is 0.481 e. The van der Waals surface area contributed by atoms with Crippen molar-refractivity contribution in [1.82, 2.24) is 19.8 Å². The number of carbonyl (C=O) groups is 1. The Hall–Kier alpha value is -1.62. The highest BCUT2D eigenvalue weighted by Gasteiger charge is 2.46. The Morgan fingerprint density at radius 3 is 2.76 bits per heavy atom. The lowest BCUT2D eigenvalue weighted by Crippen LogP contribution is -2.47.